The molecule has 5 nitrogen and oxygen atoms in total. The lowest BCUT2D eigenvalue weighted by molar-refractivity contribution is -0.136. The van der Waals surface area contributed by atoms with Crippen LogP contribution < -0.4 is 5.73 Å². The highest BCUT2D eigenvalue weighted by Gasteiger charge is 2.49. The van der Waals surface area contributed by atoms with Crippen LogP contribution in [0.2, 0.25) is 0 Å². The molecular weight excluding hydrogens is 242 g/mol. The molecule has 0 aromatic carbocycles. The molecule has 1 saturated heterocycles. The van der Waals surface area contributed by atoms with E-state index in [1.54, 1.807) is 0 Å². The van der Waals surface area contributed by atoms with Crippen molar-refractivity contribution < 1.29 is 9.53 Å². The Balaban J connectivity index is 1.84. The van der Waals surface area contributed by atoms with Crippen LogP contribution in [0.5, 0.6) is 0 Å². The quantitative estimate of drug-likeness (QED) is 0.711. The van der Waals surface area contributed by atoms with Gasteiger partial charge in [-0.3, -0.25) is 9.69 Å². The zero-order valence-electron chi connectivity index (χ0n) is 12.2. The average Bonchev–Trinajstić information content (AvgIpc) is 3.17. The smallest absolute Gasteiger partial charge is 0.242 e. The van der Waals surface area contributed by atoms with Crippen LogP contribution in [0.3, 0.4) is 0 Å². The standard InChI is InChI=1S/C14H27N3O2/c1-3-12-11-17(13(18)14(15)5-6-14)8-7-16(12)9-10-19-4-2/h12H,3-11,15H2,1-2H3. The predicted octanol–water partition coefficient (Wildman–Crippen LogP) is 0.437. The van der Waals surface area contributed by atoms with Crippen LogP contribution in [-0.4, -0.2) is 66.7 Å². The van der Waals surface area contributed by atoms with Gasteiger partial charge in [-0.25, -0.2) is 0 Å². The zero-order valence-corrected chi connectivity index (χ0v) is 12.2. The third-order valence-corrected chi connectivity index (χ3v) is 4.30. The van der Waals surface area contributed by atoms with Gasteiger partial charge in [-0.05, 0) is 26.2 Å². The minimum Gasteiger partial charge on any atom is -0.380 e. The summed E-state index contributed by atoms with van der Waals surface area (Å²) in [5.41, 5.74) is 5.49. The molecule has 1 aliphatic carbocycles. The summed E-state index contributed by atoms with van der Waals surface area (Å²) in [7, 11) is 0. The molecular formula is C14H27N3O2. The summed E-state index contributed by atoms with van der Waals surface area (Å²) in [6.45, 7) is 9.27. The molecule has 1 amide bonds. The lowest BCUT2D eigenvalue weighted by Gasteiger charge is -2.42. The topological polar surface area (TPSA) is 58.8 Å². The van der Waals surface area contributed by atoms with Gasteiger partial charge in [0.1, 0.15) is 0 Å². The van der Waals surface area contributed by atoms with Gasteiger partial charge in [-0.2, -0.15) is 0 Å². The van der Waals surface area contributed by atoms with E-state index >= 15 is 0 Å². The molecule has 1 atom stereocenters. The number of piperazine rings is 1. The Labute approximate surface area is 116 Å². The first-order chi connectivity index (χ1) is 9.10. The third-order valence-electron chi connectivity index (χ3n) is 4.30. The number of nitrogens with zero attached hydrogens (tertiary/aromatic N) is 2. The third kappa shape index (κ3) is 3.46. The van der Waals surface area contributed by atoms with Crippen molar-refractivity contribution in [2.24, 2.45) is 5.73 Å². The Morgan fingerprint density at radius 2 is 2.11 bits per heavy atom. The van der Waals surface area contributed by atoms with Crippen LogP contribution in [0.4, 0.5) is 0 Å². The van der Waals surface area contributed by atoms with Gasteiger partial charge in [0, 0.05) is 38.8 Å². The molecule has 0 radical (unpaired) electrons. The average molecular weight is 269 g/mol. The molecule has 0 spiro atoms. The maximum absolute atomic E-state index is 12.3. The second kappa shape index (κ2) is 6.20. The molecule has 5 heteroatoms. The summed E-state index contributed by atoms with van der Waals surface area (Å²) in [5, 5.41) is 0. The van der Waals surface area contributed by atoms with Gasteiger partial charge in [0.25, 0.3) is 0 Å². The number of ether oxygens (including phenoxy) is 1. The highest BCUT2D eigenvalue weighted by atomic mass is 16.5. The van der Waals surface area contributed by atoms with Gasteiger partial charge in [0.2, 0.25) is 5.91 Å². The maximum Gasteiger partial charge on any atom is 0.242 e. The van der Waals surface area contributed by atoms with Crippen molar-refractivity contribution in [3.05, 3.63) is 0 Å². The fourth-order valence-corrected chi connectivity index (χ4v) is 2.75. The molecule has 2 fully saturated rings. The first kappa shape index (κ1) is 14.8. The summed E-state index contributed by atoms with van der Waals surface area (Å²) in [6, 6.07) is 0.445. The first-order valence-electron chi connectivity index (χ1n) is 7.50. The lowest BCUT2D eigenvalue weighted by atomic mass is 10.1. The normalized spacial score (nSPS) is 26.5. The van der Waals surface area contributed by atoms with E-state index in [0.29, 0.717) is 6.04 Å². The number of nitrogens with two attached hydrogens (primary N) is 1. The Morgan fingerprint density at radius 3 is 2.68 bits per heavy atom. The van der Waals surface area contributed by atoms with Crippen molar-refractivity contribution in [1.29, 1.82) is 0 Å². The molecule has 2 aliphatic rings. The van der Waals surface area contributed by atoms with Crippen LogP contribution in [0.1, 0.15) is 33.1 Å². The monoisotopic (exact) mass is 269 g/mol. The summed E-state index contributed by atoms with van der Waals surface area (Å²) >= 11 is 0. The fourth-order valence-electron chi connectivity index (χ4n) is 2.75. The molecule has 1 aliphatic heterocycles. The number of rotatable bonds is 6. The zero-order chi connectivity index (χ0) is 13.9. The van der Waals surface area contributed by atoms with E-state index in [9.17, 15) is 4.79 Å². The molecule has 0 aromatic rings. The Kier molecular flexibility index (Phi) is 4.81. The van der Waals surface area contributed by atoms with Gasteiger partial charge in [0.15, 0.2) is 0 Å². The molecule has 2 N–H and O–H groups in total. The molecule has 1 saturated carbocycles. The lowest BCUT2D eigenvalue weighted by Crippen LogP contribution is -2.58. The number of carbonyl (C=O) groups excluding carboxylic acids is 1. The Hall–Kier alpha value is -0.650. The summed E-state index contributed by atoms with van der Waals surface area (Å²) in [5.74, 6) is 0.162. The minimum absolute atomic E-state index is 0.162. The summed E-state index contributed by atoms with van der Waals surface area (Å²) < 4.78 is 5.43. The van der Waals surface area contributed by atoms with E-state index < -0.39 is 5.54 Å². The molecule has 1 unspecified atom stereocenters. The second-order valence-corrected chi connectivity index (χ2v) is 5.70. The maximum atomic E-state index is 12.3. The van der Waals surface area contributed by atoms with E-state index in [1.807, 2.05) is 11.8 Å². The number of amides is 1. The highest BCUT2D eigenvalue weighted by molar-refractivity contribution is 5.89. The minimum atomic E-state index is -0.522. The van der Waals surface area contributed by atoms with Crippen molar-refractivity contribution in [3.8, 4) is 0 Å². The highest BCUT2D eigenvalue weighted by Crippen LogP contribution is 2.34. The van der Waals surface area contributed by atoms with Crippen molar-refractivity contribution in [2.45, 2.75) is 44.7 Å². The van der Waals surface area contributed by atoms with Crippen molar-refractivity contribution in [2.75, 3.05) is 39.4 Å². The predicted molar refractivity (Wildman–Crippen MR) is 74.9 cm³/mol. The molecule has 0 bridgehead atoms. The summed E-state index contributed by atoms with van der Waals surface area (Å²) in [4.78, 5) is 16.7. The van der Waals surface area contributed by atoms with E-state index in [-0.39, 0.29) is 5.91 Å². The largest absolute Gasteiger partial charge is 0.380 e. The van der Waals surface area contributed by atoms with Crippen molar-refractivity contribution in [3.63, 3.8) is 0 Å². The number of carbonyl (C=O) groups is 1. The van der Waals surface area contributed by atoms with Gasteiger partial charge in [0.05, 0.1) is 12.1 Å². The van der Waals surface area contributed by atoms with Gasteiger partial charge < -0.3 is 15.4 Å². The molecule has 1 heterocycles. The van der Waals surface area contributed by atoms with E-state index in [0.717, 1.165) is 58.7 Å². The van der Waals surface area contributed by atoms with Gasteiger partial charge in [-0.15, -0.1) is 0 Å². The fraction of sp³-hybridized carbons (Fsp3) is 0.929. The first-order valence-corrected chi connectivity index (χ1v) is 7.50. The van der Waals surface area contributed by atoms with Crippen molar-refractivity contribution >= 4 is 5.91 Å². The molecule has 0 aromatic heterocycles. The second-order valence-electron chi connectivity index (χ2n) is 5.70. The van der Waals surface area contributed by atoms with Crippen LogP contribution in [-0.2, 0) is 9.53 Å². The van der Waals surface area contributed by atoms with Gasteiger partial charge >= 0.3 is 0 Å². The SMILES string of the molecule is CCOCCN1CCN(C(=O)C2(N)CC2)CC1CC. The van der Waals surface area contributed by atoms with Crippen LogP contribution in [0, 0.1) is 0 Å². The van der Waals surface area contributed by atoms with E-state index in [2.05, 4.69) is 11.8 Å². The van der Waals surface area contributed by atoms with Crippen LogP contribution in [0.15, 0.2) is 0 Å². The molecule has 110 valence electrons. The molecule has 19 heavy (non-hydrogen) atoms. The molecule has 2 rings (SSSR count). The van der Waals surface area contributed by atoms with E-state index in [4.69, 9.17) is 10.5 Å². The number of hydrogen-bond donors (Lipinski definition) is 1. The van der Waals surface area contributed by atoms with Gasteiger partial charge in [-0.1, -0.05) is 6.92 Å². The Morgan fingerprint density at radius 1 is 1.37 bits per heavy atom. The van der Waals surface area contributed by atoms with E-state index in [1.165, 1.54) is 0 Å². The van der Waals surface area contributed by atoms with Crippen LogP contribution in [0.25, 0.3) is 0 Å². The van der Waals surface area contributed by atoms with Crippen LogP contribution >= 0.6 is 0 Å². The summed E-state index contributed by atoms with van der Waals surface area (Å²) in [6.07, 6.45) is 2.77. The van der Waals surface area contributed by atoms with Crippen molar-refractivity contribution in [1.82, 2.24) is 9.80 Å². The Bertz CT molecular complexity index is 318. The number of hydrogen-bond acceptors (Lipinski definition) is 4.